The monoisotopic (exact) mass is 153 g/mol. The van der Waals surface area contributed by atoms with Crippen LogP contribution in [0, 0.1) is 0 Å². The summed E-state index contributed by atoms with van der Waals surface area (Å²) in [7, 11) is 0. The van der Waals surface area contributed by atoms with Crippen LogP contribution < -0.4 is 0 Å². The third kappa shape index (κ3) is 1.45. The number of allylic oxidation sites excluding steroid dienone is 1. The fourth-order valence-electron chi connectivity index (χ4n) is 0.880. The van der Waals surface area contributed by atoms with E-state index in [-0.39, 0.29) is 0 Å². The molecule has 1 aromatic heterocycles. The molecule has 0 radical (unpaired) electrons. The van der Waals surface area contributed by atoms with Crippen LogP contribution in [0.4, 0.5) is 0 Å². The molecule has 10 heavy (non-hydrogen) atoms. The molecule has 0 atom stereocenters. The molecule has 1 nitrogen and oxygen atoms in total. The van der Waals surface area contributed by atoms with Gasteiger partial charge in [-0.1, -0.05) is 6.08 Å². The van der Waals surface area contributed by atoms with Gasteiger partial charge < -0.3 is 4.98 Å². The largest absolute Gasteiger partial charge is 0.367 e. The van der Waals surface area contributed by atoms with Crippen LogP contribution in [0.15, 0.2) is 24.5 Å². The number of rotatable bonds is 2. The molecule has 2 heteroatoms. The molecule has 0 saturated heterocycles. The predicted octanol–water partition coefficient (Wildman–Crippen LogP) is 2.74. The van der Waals surface area contributed by atoms with Gasteiger partial charge >= 0.3 is 0 Å². The highest BCUT2D eigenvalue weighted by Gasteiger charge is 1.96. The Morgan fingerprint density at radius 1 is 1.70 bits per heavy atom. The number of thioether (sulfide) groups is 1. The first kappa shape index (κ1) is 7.48. The molecule has 0 aliphatic carbocycles. The van der Waals surface area contributed by atoms with Gasteiger partial charge in [0.15, 0.2) is 0 Å². The molecule has 0 bridgehead atoms. The molecule has 0 spiro atoms. The Kier molecular flexibility index (Phi) is 2.63. The highest BCUT2D eigenvalue weighted by molar-refractivity contribution is 8.07. The lowest BCUT2D eigenvalue weighted by molar-refractivity contribution is 1.41. The summed E-state index contributed by atoms with van der Waals surface area (Å²) in [5, 5.41) is 0. The van der Waals surface area contributed by atoms with Crippen molar-refractivity contribution in [2.45, 2.75) is 6.92 Å². The summed E-state index contributed by atoms with van der Waals surface area (Å²) >= 11 is 1.77. The molecule has 0 aliphatic rings. The van der Waals surface area contributed by atoms with E-state index in [9.17, 15) is 0 Å². The van der Waals surface area contributed by atoms with Gasteiger partial charge in [-0.25, -0.2) is 0 Å². The van der Waals surface area contributed by atoms with Gasteiger partial charge in [-0.15, -0.1) is 11.8 Å². The van der Waals surface area contributed by atoms with Gasteiger partial charge in [-0.05, 0) is 19.2 Å². The van der Waals surface area contributed by atoms with Crippen molar-refractivity contribution in [2.24, 2.45) is 0 Å². The summed E-state index contributed by atoms with van der Waals surface area (Å²) in [5.74, 6) is 0. The predicted molar refractivity (Wildman–Crippen MR) is 48.0 cm³/mol. The van der Waals surface area contributed by atoms with E-state index in [2.05, 4.69) is 30.3 Å². The van der Waals surface area contributed by atoms with Crippen molar-refractivity contribution in [1.82, 2.24) is 4.98 Å². The summed E-state index contributed by atoms with van der Waals surface area (Å²) in [6.45, 7) is 2.05. The second-order valence-electron chi connectivity index (χ2n) is 1.96. The van der Waals surface area contributed by atoms with E-state index in [0.717, 1.165) is 0 Å². The van der Waals surface area contributed by atoms with Crippen molar-refractivity contribution >= 4 is 16.7 Å². The first-order chi connectivity index (χ1) is 4.88. The number of H-pyrrole nitrogens is 1. The van der Waals surface area contributed by atoms with Gasteiger partial charge in [-0.2, -0.15) is 0 Å². The van der Waals surface area contributed by atoms with Crippen LogP contribution in [-0.2, 0) is 0 Å². The number of hydrogen-bond acceptors (Lipinski definition) is 1. The minimum absolute atomic E-state index is 1.27. The number of nitrogens with one attached hydrogen (secondary N) is 1. The average Bonchev–Trinajstić information content (AvgIpc) is 2.43. The maximum atomic E-state index is 3.02. The van der Waals surface area contributed by atoms with Gasteiger partial charge in [0.1, 0.15) is 0 Å². The molecule has 0 aliphatic heterocycles. The van der Waals surface area contributed by atoms with Crippen LogP contribution in [0.1, 0.15) is 12.5 Å². The topological polar surface area (TPSA) is 15.8 Å². The zero-order chi connectivity index (χ0) is 7.40. The van der Waals surface area contributed by atoms with Gasteiger partial charge in [0.25, 0.3) is 0 Å². The lowest BCUT2D eigenvalue weighted by atomic mass is 10.3. The molecule has 0 aromatic carbocycles. The molecule has 0 unspecified atom stereocenters. The molecule has 0 fully saturated rings. The average molecular weight is 153 g/mol. The zero-order valence-electron chi connectivity index (χ0n) is 6.22. The smallest absolute Gasteiger partial charge is 0.0114 e. The van der Waals surface area contributed by atoms with Crippen LogP contribution in [0.5, 0.6) is 0 Å². The second kappa shape index (κ2) is 3.52. The standard InChI is InChI=1S/C8H11NS/c1-3-8(10-2)7-4-5-9-6-7/h3-6,9H,1-2H3/b8-3-. The lowest BCUT2D eigenvalue weighted by Gasteiger charge is -1.96. The maximum absolute atomic E-state index is 3.02. The highest BCUT2D eigenvalue weighted by Crippen LogP contribution is 2.23. The fraction of sp³-hybridized carbons (Fsp3) is 0.250. The fourth-order valence-corrected chi connectivity index (χ4v) is 1.48. The SMILES string of the molecule is C/C=C(\SC)c1cc[nH]c1. The summed E-state index contributed by atoms with van der Waals surface area (Å²) in [6, 6.07) is 2.08. The van der Waals surface area contributed by atoms with Crippen molar-refractivity contribution in [1.29, 1.82) is 0 Å². The minimum Gasteiger partial charge on any atom is -0.367 e. The van der Waals surface area contributed by atoms with Crippen LogP contribution in [0.2, 0.25) is 0 Å². The van der Waals surface area contributed by atoms with E-state index in [0.29, 0.717) is 0 Å². The second-order valence-corrected chi connectivity index (χ2v) is 2.80. The van der Waals surface area contributed by atoms with Crippen LogP contribution in [-0.4, -0.2) is 11.2 Å². The van der Waals surface area contributed by atoms with E-state index < -0.39 is 0 Å². The first-order valence-corrected chi connectivity index (χ1v) is 4.44. The first-order valence-electron chi connectivity index (χ1n) is 3.22. The lowest BCUT2D eigenvalue weighted by Crippen LogP contribution is -1.71. The third-order valence-electron chi connectivity index (χ3n) is 1.36. The molecule has 1 heterocycles. The maximum Gasteiger partial charge on any atom is 0.0114 e. The van der Waals surface area contributed by atoms with Crippen molar-refractivity contribution in [3.05, 3.63) is 30.1 Å². The molecule has 54 valence electrons. The zero-order valence-corrected chi connectivity index (χ0v) is 7.03. The van der Waals surface area contributed by atoms with E-state index in [1.54, 1.807) is 11.8 Å². The van der Waals surface area contributed by atoms with Crippen molar-refractivity contribution in [2.75, 3.05) is 6.26 Å². The van der Waals surface area contributed by atoms with Crippen molar-refractivity contribution in [3.8, 4) is 0 Å². The summed E-state index contributed by atoms with van der Waals surface area (Å²) in [5.41, 5.74) is 1.27. The number of hydrogen-bond donors (Lipinski definition) is 1. The Morgan fingerprint density at radius 3 is 2.90 bits per heavy atom. The third-order valence-corrected chi connectivity index (χ3v) is 2.28. The van der Waals surface area contributed by atoms with E-state index in [1.807, 2.05) is 12.4 Å². The Labute approximate surface area is 65.5 Å². The number of aromatic nitrogens is 1. The molecule has 0 saturated carbocycles. The van der Waals surface area contributed by atoms with Crippen LogP contribution >= 0.6 is 11.8 Å². The van der Waals surface area contributed by atoms with Crippen molar-refractivity contribution < 1.29 is 0 Å². The van der Waals surface area contributed by atoms with Gasteiger partial charge in [-0.3, -0.25) is 0 Å². The molecule has 1 rings (SSSR count). The van der Waals surface area contributed by atoms with Crippen molar-refractivity contribution in [3.63, 3.8) is 0 Å². The van der Waals surface area contributed by atoms with E-state index >= 15 is 0 Å². The normalized spacial score (nSPS) is 12.0. The Bertz CT molecular complexity index is 211. The van der Waals surface area contributed by atoms with Gasteiger partial charge in [0, 0.05) is 22.9 Å². The Morgan fingerprint density at radius 2 is 2.50 bits per heavy atom. The molecule has 1 N–H and O–H groups in total. The Balaban J connectivity index is 2.85. The number of aromatic amines is 1. The van der Waals surface area contributed by atoms with Crippen LogP contribution in [0.3, 0.4) is 0 Å². The summed E-state index contributed by atoms with van der Waals surface area (Å²) in [6.07, 6.45) is 8.15. The quantitative estimate of drug-likeness (QED) is 0.690. The summed E-state index contributed by atoms with van der Waals surface area (Å²) in [4.78, 5) is 4.35. The minimum atomic E-state index is 1.27. The molecular formula is C8H11NS. The molecule has 0 amide bonds. The Hall–Kier alpha value is -0.630. The van der Waals surface area contributed by atoms with Gasteiger partial charge in [0.05, 0.1) is 0 Å². The van der Waals surface area contributed by atoms with E-state index in [1.165, 1.54) is 10.5 Å². The molecular weight excluding hydrogens is 142 g/mol. The summed E-state index contributed by atoms with van der Waals surface area (Å²) < 4.78 is 0. The van der Waals surface area contributed by atoms with Crippen LogP contribution in [0.25, 0.3) is 4.91 Å². The molecule has 1 aromatic rings. The van der Waals surface area contributed by atoms with Gasteiger partial charge in [0.2, 0.25) is 0 Å². The van der Waals surface area contributed by atoms with E-state index in [4.69, 9.17) is 0 Å². The highest BCUT2D eigenvalue weighted by atomic mass is 32.2.